The van der Waals surface area contributed by atoms with Crippen molar-refractivity contribution in [1.82, 2.24) is 9.97 Å². The van der Waals surface area contributed by atoms with Gasteiger partial charge in [-0.1, -0.05) is 17.7 Å². The number of nitrogens with zero attached hydrogens (tertiary/aromatic N) is 4. The SMILES string of the molecule is Cc1cc(C)c2ncc(C#N)c(NCc3ccc(N4CCCC4)nc3)c2c1. The largest absolute Gasteiger partial charge is 0.379 e. The monoisotopic (exact) mass is 357 g/mol. The van der Waals surface area contributed by atoms with Gasteiger partial charge in [-0.3, -0.25) is 4.98 Å². The van der Waals surface area contributed by atoms with Gasteiger partial charge in [0.25, 0.3) is 0 Å². The molecule has 5 nitrogen and oxygen atoms in total. The molecule has 0 atom stereocenters. The highest BCUT2D eigenvalue weighted by molar-refractivity contribution is 5.96. The van der Waals surface area contributed by atoms with Crippen molar-refractivity contribution in [3.8, 4) is 6.07 Å². The molecule has 1 aromatic carbocycles. The van der Waals surface area contributed by atoms with Crippen molar-refractivity contribution < 1.29 is 0 Å². The molecule has 1 fully saturated rings. The molecule has 0 aliphatic carbocycles. The summed E-state index contributed by atoms with van der Waals surface area (Å²) in [6, 6.07) is 10.7. The van der Waals surface area contributed by atoms with Gasteiger partial charge in [-0.05, 0) is 49.9 Å². The van der Waals surface area contributed by atoms with Gasteiger partial charge in [-0.15, -0.1) is 0 Å². The summed E-state index contributed by atoms with van der Waals surface area (Å²) in [7, 11) is 0. The van der Waals surface area contributed by atoms with Gasteiger partial charge in [0.15, 0.2) is 0 Å². The van der Waals surface area contributed by atoms with Gasteiger partial charge in [-0.25, -0.2) is 4.98 Å². The smallest absolute Gasteiger partial charge is 0.128 e. The molecular formula is C22H23N5. The minimum atomic E-state index is 0.564. The lowest BCUT2D eigenvalue weighted by atomic mass is 10.0. The highest BCUT2D eigenvalue weighted by Gasteiger charge is 2.14. The van der Waals surface area contributed by atoms with E-state index in [-0.39, 0.29) is 0 Å². The summed E-state index contributed by atoms with van der Waals surface area (Å²) < 4.78 is 0. The Morgan fingerprint density at radius 3 is 2.63 bits per heavy atom. The van der Waals surface area contributed by atoms with Gasteiger partial charge in [0.2, 0.25) is 0 Å². The normalized spacial score (nSPS) is 13.7. The molecule has 0 saturated carbocycles. The maximum atomic E-state index is 9.52. The number of aromatic nitrogens is 2. The number of nitrogens with one attached hydrogen (secondary N) is 1. The summed E-state index contributed by atoms with van der Waals surface area (Å²) in [5, 5.41) is 14.0. The summed E-state index contributed by atoms with van der Waals surface area (Å²) in [6.45, 7) is 6.93. The van der Waals surface area contributed by atoms with Gasteiger partial charge in [0.1, 0.15) is 11.9 Å². The van der Waals surface area contributed by atoms with E-state index in [1.807, 2.05) is 6.20 Å². The number of pyridine rings is 2. The standard InChI is InChI=1S/C22H23N5/c1-15-9-16(2)21-19(10-15)22(18(11-23)14-26-21)25-13-17-5-6-20(24-12-17)27-7-3-4-8-27/h5-6,9-10,12,14H,3-4,7-8,13H2,1-2H3,(H,25,26). The van der Waals surface area contributed by atoms with Gasteiger partial charge >= 0.3 is 0 Å². The first kappa shape index (κ1) is 17.3. The van der Waals surface area contributed by atoms with E-state index in [2.05, 4.69) is 64.4 Å². The van der Waals surface area contributed by atoms with E-state index in [4.69, 9.17) is 0 Å². The molecule has 0 unspecified atom stereocenters. The van der Waals surface area contributed by atoms with E-state index in [0.29, 0.717) is 12.1 Å². The lowest BCUT2D eigenvalue weighted by molar-refractivity contribution is 0.932. The number of nitriles is 1. The first-order valence-electron chi connectivity index (χ1n) is 9.39. The number of hydrogen-bond acceptors (Lipinski definition) is 5. The Labute approximate surface area is 159 Å². The van der Waals surface area contributed by atoms with E-state index >= 15 is 0 Å². The topological polar surface area (TPSA) is 64.8 Å². The van der Waals surface area contributed by atoms with Crippen LogP contribution >= 0.6 is 0 Å². The van der Waals surface area contributed by atoms with Crippen LogP contribution in [0.15, 0.2) is 36.7 Å². The van der Waals surface area contributed by atoms with Crippen molar-refractivity contribution in [2.75, 3.05) is 23.3 Å². The zero-order valence-corrected chi connectivity index (χ0v) is 15.8. The zero-order valence-electron chi connectivity index (χ0n) is 15.8. The molecule has 3 heterocycles. The van der Waals surface area contributed by atoms with E-state index in [1.54, 1.807) is 6.20 Å². The van der Waals surface area contributed by atoms with Crippen LogP contribution in [0.2, 0.25) is 0 Å². The van der Waals surface area contributed by atoms with Crippen molar-refractivity contribution >= 4 is 22.4 Å². The lowest BCUT2D eigenvalue weighted by Crippen LogP contribution is -2.18. The molecule has 136 valence electrons. The molecule has 1 saturated heterocycles. The molecule has 0 radical (unpaired) electrons. The Balaban J connectivity index is 1.60. The van der Waals surface area contributed by atoms with E-state index < -0.39 is 0 Å². The maximum absolute atomic E-state index is 9.52. The van der Waals surface area contributed by atoms with E-state index in [0.717, 1.165) is 52.2 Å². The second kappa shape index (κ2) is 7.24. The fourth-order valence-electron chi connectivity index (χ4n) is 3.78. The van der Waals surface area contributed by atoms with Crippen molar-refractivity contribution in [2.24, 2.45) is 0 Å². The van der Waals surface area contributed by atoms with Crippen LogP contribution in [-0.2, 0) is 6.54 Å². The van der Waals surface area contributed by atoms with Crippen molar-refractivity contribution in [3.63, 3.8) is 0 Å². The molecule has 1 N–H and O–H groups in total. The van der Waals surface area contributed by atoms with Crippen LogP contribution in [-0.4, -0.2) is 23.1 Å². The molecule has 2 aromatic heterocycles. The average Bonchev–Trinajstić information content (AvgIpc) is 3.21. The molecule has 0 bridgehead atoms. The van der Waals surface area contributed by atoms with Crippen molar-refractivity contribution in [3.05, 3.63) is 58.9 Å². The number of anilines is 2. The summed E-state index contributed by atoms with van der Waals surface area (Å²) in [4.78, 5) is 11.4. The summed E-state index contributed by atoms with van der Waals surface area (Å²) >= 11 is 0. The Bertz CT molecular complexity index is 1010. The first-order valence-corrected chi connectivity index (χ1v) is 9.39. The Kier molecular flexibility index (Phi) is 4.64. The lowest BCUT2D eigenvalue weighted by Gasteiger charge is -2.17. The van der Waals surface area contributed by atoms with Gasteiger partial charge < -0.3 is 10.2 Å². The highest BCUT2D eigenvalue weighted by Crippen LogP contribution is 2.29. The fraction of sp³-hybridized carbons (Fsp3) is 0.318. The second-order valence-corrected chi connectivity index (χ2v) is 7.21. The number of aryl methyl sites for hydroxylation is 2. The third-order valence-corrected chi connectivity index (χ3v) is 5.14. The average molecular weight is 357 g/mol. The van der Waals surface area contributed by atoms with Crippen LogP contribution in [0.1, 0.15) is 35.1 Å². The van der Waals surface area contributed by atoms with E-state index in [1.165, 1.54) is 12.8 Å². The number of hydrogen-bond donors (Lipinski definition) is 1. The predicted octanol–water partition coefficient (Wildman–Crippen LogP) is 4.33. The summed E-state index contributed by atoms with van der Waals surface area (Å²) in [6.07, 6.45) is 6.07. The minimum absolute atomic E-state index is 0.564. The Morgan fingerprint density at radius 1 is 1.11 bits per heavy atom. The minimum Gasteiger partial charge on any atom is -0.379 e. The first-order chi connectivity index (χ1) is 13.2. The fourth-order valence-corrected chi connectivity index (χ4v) is 3.78. The van der Waals surface area contributed by atoms with Crippen LogP contribution in [0.5, 0.6) is 0 Å². The van der Waals surface area contributed by atoms with Crippen LogP contribution in [0, 0.1) is 25.2 Å². The van der Waals surface area contributed by atoms with Crippen LogP contribution in [0.3, 0.4) is 0 Å². The highest BCUT2D eigenvalue weighted by atomic mass is 15.2. The predicted molar refractivity (Wildman–Crippen MR) is 109 cm³/mol. The van der Waals surface area contributed by atoms with Gasteiger partial charge in [0, 0.05) is 37.4 Å². The second-order valence-electron chi connectivity index (χ2n) is 7.21. The number of fused-ring (bicyclic) bond motifs is 1. The Morgan fingerprint density at radius 2 is 1.93 bits per heavy atom. The molecule has 1 aliphatic heterocycles. The quantitative estimate of drug-likeness (QED) is 0.753. The van der Waals surface area contributed by atoms with Crippen LogP contribution < -0.4 is 10.2 Å². The van der Waals surface area contributed by atoms with E-state index in [9.17, 15) is 5.26 Å². The third-order valence-electron chi connectivity index (χ3n) is 5.14. The molecule has 1 aliphatic rings. The third kappa shape index (κ3) is 3.43. The number of rotatable bonds is 4. The Hall–Kier alpha value is -3.13. The molecule has 4 rings (SSSR count). The molecule has 27 heavy (non-hydrogen) atoms. The maximum Gasteiger partial charge on any atom is 0.128 e. The summed E-state index contributed by atoms with van der Waals surface area (Å²) in [5.41, 5.74) is 5.72. The molecule has 0 amide bonds. The van der Waals surface area contributed by atoms with Crippen molar-refractivity contribution in [2.45, 2.75) is 33.2 Å². The molecule has 3 aromatic rings. The van der Waals surface area contributed by atoms with Gasteiger partial charge in [0.05, 0.1) is 16.8 Å². The molecule has 0 spiro atoms. The molecular weight excluding hydrogens is 334 g/mol. The summed E-state index contributed by atoms with van der Waals surface area (Å²) in [5.74, 6) is 1.05. The number of benzene rings is 1. The van der Waals surface area contributed by atoms with Crippen LogP contribution in [0.4, 0.5) is 11.5 Å². The van der Waals surface area contributed by atoms with Crippen LogP contribution in [0.25, 0.3) is 10.9 Å². The van der Waals surface area contributed by atoms with Crippen molar-refractivity contribution in [1.29, 1.82) is 5.26 Å². The molecule has 5 heteroatoms. The zero-order chi connectivity index (χ0) is 18.8. The van der Waals surface area contributed by atoms with Gasteiger partial charge in [-0.2, -0.15) is 5.26 Å².